The number of benzene rings is 1. The average molecular weight is 255 g/mol. The van der Waals surface area contributed by atoms with E-state index < -0.39 is 0 Å². The first kappa shape index (κ1) is 12.9. The van der Waals surface area contributed by atoms with E-state index in [1.165, 1.54) is 50.5 Å². The van der Waals surface area contributed by atoms with Gasteiger partial charge in [-0.2, -0.15) is 0 Å². The molecule has 19 heavy (non-hydrogen) atoms. The van der Waals surface area contributed by atoms with Crippen LogP contribution in [0.5, 0.6) is 0 Å². The minimum Gasteiger partial charge on any atom is -0.310 e. The summed E-state index contributed by atoms with van der Waals surface area (Å²) < 4.78 is 0. The number of aryl methyl sites for hydroxylation is 2. The van der Waals surface area contributed by atoms with Crippen molar-refractivity contribution < 1.29 is 0 Å². The molecule has 1 N–H and O–H groups in total. The van der Waals surface area contributed by atoms with Crippen LogP contribution in [0.2, 0.25) is 0 Å². The number of fused-ring (bicyclic) bond motifs is 1. The summed E-state index contributed by atoms with van der Waals surface area (Å²) in [5.41, 5.74) is 6.18. The fourth-order valence-electron chi connectivity index (χ4n) is 3.47. The predicted molar refractivity (Wildman–Crippen MR) is 81.4 cm³/mol. The van der Waals surface area contributed by atoms with Crippen LogP contribution in [0.4, 0.5) is 0 Å². The van der Waals surface area contributed by atoms with Crippen LogP contribution in [-0.4, -0.2) is 6.54 Å². The van der Waals surface area contributed by atoms with Gasteiger partial charge in [-0.05, 0) is 69.5 Å². The van der Waals surface area contributed by atoms with Crippen molar-refractivity contribution in [3.05, 3.63) is 46.5 Å². The third kappa shape index (κ3) is 3.09. The molecule has 0 aromatic heterocycles. The molecule has 0 aliphatic heterocycles. The van der Waals surface area contributed by atoms with E-state index in [0.29, 0.717) is 6.04 Å². The van der Waals surface area contributed by atoms with E-state index in [1.807, 2.05) is 0 Å². The van der Waals surface area contributed by atoms with Gasteiger partial charge in [-0.15, -0.1) is 0 Å². The fraction of sp³-hybridized carbons (Fsp3) is 0.556. The zero-order chi connectivity index (χ0) is 13.1. The maximum absolute atomic E-state index is 3.77. The summed E-state index contributed by atoms with van der Waals surface area (Å²) in [6.07, 6.45) is 11.7. The highest BCUT2D eigenvalue weighted by Crippen LogP contribution is 2.31. The van der Waals surface area contributed by atoms with E-state index in [0.717, 1.165) is 6.54 Å². The number of hydrogen-bond acceptors (Lipinski definition) is 1. The van der Waals surface area contributed by atoms with Gasteiger partial charge in [0.1, 0.15) is 0 Å². The number of rotatable bonds is 4. The van der Waals surface area contributed by atoms with Crippen LogP contribution in [-0.2, 0) is 6.42 Å². The lowest BCUT2D eigenvalue weighted by atomic mass is 9.97. The Morgan fingerprint density at radius 1 is 1.21 bits per heavy atom. The van der Waals surface area contributed by atoms with Crippen molar-refractivity contribution in [1.82, 2.24) is 5.32 Å². The zero-order valence-electron chi connectivity index (χ0n) is 12.0. The molecule has 1 nitrogen and oxygen atoms in total. The lowest BCUT2D eigenvalue weighted by molar-refractivity contribution is 0.525. The van der Waals surface area contributed by atoms with Gasteiger partial charge in [0.15, 0.2) is 0 Å². The molecule has 0 fully saturated rings. The molecule has 0 saturated heterocycles. The maximum Gasteiger partial charge on any atom is 0.0326 e. The Labute approximate surface area is 117 Å². The van der Waals surface area contributed by atoms with Gasteiger partial charge >= 0.3 is 0 Å². The molecule has 1 heteroatoms. The van der Waals surface area contributed by atoms with Crippen LogP contribution >= 0.6 is 0 Å². The first-order chi connectivity index (χ1) is 9.33. The Morgan fingerprint density at radius 3 is 3.00 bits per heavy atom. The van der Waals surface area contributed by atoms with E-state index in [1.54, 1.807) is 16.7 Å². The largest absolute Gasteiger partial charge is 0.310 e. The normalized spacial score (nSPS) is 22.2. The molecule has 1 atom stereocenters. The lowest BCUT2D eigenvalue weighted by Crippen LogP contribution is -2.21. The smallest absolute Gasteiger partial charge is 0.0326 e. The summed E-state index contributed by atoms with van der Waals surface area (Å²) in [5, 5.41) is 3.77. The Bertz CT molecular complexity index is 473. The van der Waals surface area contributed by atoms with Crippen molar-refractivity contribution in [2.24, 2.45) is 0 Å². The third-order valence-electron chi connectivity index (χ3n) is 4.60. The van der Waals surface area contributed by atoms with Gasteiger partial charge in [-0.25, -0.2) is 0 Å². The molecule has 1 aromatic carbocycles. The van der Waals surface area contributed by atoms with Crippen LogP contribution in [0.15, 0.2) is 29.8 Å². The molecule has 0 amide bonds. The summed E-state index contributed by atoms with van der Waals surface area (Å²) in [6.45, 7) is 3.34. The molecular formula is C18H25N. The van der Waals surface area contributed by atoms with Gasteiger partial charge in [0.25, 0.3) is 0 Å². The van der Waals surface area contributed by atoms with Crippen LogP contribution < -0.4 is 5.32 Å². The van der Waals surface area contributed by atoms with E-state index in [-0.39, 0.29) is 0 Å². The number of hydrogen-bond donors (Lipinski definition) is 1. The minimum atomic E-state index is 0.596. The lowest BCUT2D eigenvalue weighted by Gasteiger charge is -2.17. The van der Waals surface area contributed by atoms with Gasteiger partial charge in [0.2, 0.25) is 0 Å². The van der Waals surface area contributed by atoms with Gasteiger partial charge in [-0.3, -0.25) is 0 Å². The Balaban J connectivity index is 1.55. The van der Waals surface area contributed by atoms with Crippen LogP contribution in [0.25, 0.3) is 0 Å². The first-order valence-electron chi connectivity index (χ1n) is 7.83. The minimum absolute atomic E-state index is 0.596. The summed E-state index contributed by atoms with van der Waals surface area (Å²) in [6, 6.07) is 7.53. The molecule has 0 radical (unpaired) electrons. The monoisotopic (exact) mass is 255 g/mol. The van der Waals surface area contributed by atoms with Crippen LogP contribution in [0.3, 0.4) is 0 Å². The van der Waals surface area contributed by atoms with Gasteiger partial charge in [0, 0.05) is 6.04 Å². The first-order valence-corrected chi connectivity index (χ1v) is 7.83. The second kappa shape index (κ2) is 5.92. The van der Waals surface area contributed by atoms with Gasteiger partial charge < -0.3 is 5.32 Å². The Morgan fingerprint density at radius 2 is 2.16 bits per heavy atom. The zero-order valence-corrected chi connectivity index (χ0v) is 12.0. The number of nitrogens with one attached hydrogen (secondary N) is 1. The van der Waals surface area contributed by atoms with Crippen molar-refractivity contribution in [2.75, 3.05) is 6.54 Å². The third-order valence-corrected chi connectivity index (χ3v) is 4.60. The maximum atomic E-state index is 3.77. The van der Waals surface area contributed by atoms with Gasteiger partial charge in [0.05, 0.1) is 0 Å². The molecule has 1 aromatic rings. The van der Waals surface area contributed by atoms with E-state index >= 15 is 0 Å². The molecule has 2 aliphatic rings. The van der Waals surface area contributed by atoms with E-state index in [4.69, 9.17) is 0 Å². The molecule has 102 valence electrons. The second-order valence-electron chi connectivity index (χ2n) is 6.11. The van der Waals surface area contributed by atoms with Gasteiger partial charge in [-0.1, -0.05) is 35.4 Å². The molecule has 2 aliphatic carbocycles. The van der Waals surface area contributed by atoms with Crippen molar-refractivity contribution in [2.45, 2.75) is 57.9 Å². The quantitative estimate of drug-likeness (QED) is 0.783. The highest BCUT2D eigenvalue weighted by atomic mass is 14.9. The highest BCUT2D eigenvalue weighted by molar-refractivity contribution is 5.37. The second-order valence-corrected chi connectivity index (χ2v) is 6.11. The van der Waals surface area contributed by atoms with Crippen molar-refractivity contribution in [3.63, 3.8) is 0 Å². The standard InChI is InChI=1S/C18H25N/c1-14-7-8-16-9-10-18(17(16)13-14)19-12-11-15-5-3-2-4-6-15/h5,7-8,13,18-19H,2-4,6,9-12H2,1H3. The molecule has 3 rings (SSSR count). The van der Waals surface area contributed by atoms with Crippen LogP contribution in [0, 0.1) is 6.92 Å². The van der Waals surface area contributed by atoms with E-state index in [2.05, 4.69) is 36.5 Å². The summed E-state index contributed by atoms with van der Waals surface area (Å²) in [4.78, 5) is 0. The fourth-order valence-corrected chi connectivity index (χ4v) is 3.47. The van der Waals surface area contributed by atoms with Crippen LogP contribution in [0.1, 0.15) is 61.3 Å². The topological polar surface area (TPSA) is 12.0 Å². The van der Waals surface area contributed by atoms with Crippen molar-refractivity contribution >= 4 is 0 Å². The average Bonchev–Trinajstić information content (AvgIpc) is 2.83. The van der Waals surface area contributed by atoms with E-state index in [9.17, 15) is 0 Å². The summed E-state index contributed by atoms with van der Waals surface area (Å²) >= 11 is 0. The number of allylic oxidation sites excluding steroid dienone is 1. The Hall–Kier alpha value is -1.08. The summed E-state index contributed by atoms with van der Waals surface area (Å²) in [5.74, 6) is 0. The molecule has 0 spiro atoms. The SMILES string of the molecule is Cc1ccc2c(c1)C(NCCC1=CCCCC1)CC2. The molecular weight excluding hydrogens is 230 g/mol. The summed E-state index contributed by atoms with van der Waals surface area (Å²) in [7, 11) is 0. The van der Waals surface area contributed by atoms with Crippen molar-refractivity contribution in [3.8, 4) is 0 Å². The predicted octanol–water partition coefficient (Wildman–Crippen LogP) is 4.46. The molecule has 0 heterocycles. The molecule has 0 bridgehead atoms. The molecule has 0 saturated carbocycles. The Kier molecular flexibility index (Phi) is 4.03. The molecule has 1 unspecified atom stereocenters. The van der Waals surface area contributed by atoms with Crippen molar-refractivity contribution in [1.29, 1.82) is 0 Å². The highest BCUT2D eigenvalue weighted by Gasteiger charge is 2.21.